The summed E-state index contributed by atoms with van der Waals surface area (Å²) >= 11 is 0. The molecule has 0 spiro atoms. The van der Waals surface area contributed by atoms with Crippen molar-refractivity contribution in [2.75, 3.05) is 10.6 Å². The van der Waals surface area contributed by atoms with E-state index in [0.29, 0.717) is 24.2 Å². The minimum Gasteiger partial charge on any atom is -0.375 e. The van der Waals surface area contributed by atoms with E-state index >= 15 is 0 Å². The van der Waals surface area contributed by atoms with Gasteiger partial charge in [-0.05, 0) is 124 Å². The third kappa shape index (κ3) is 13.0. The highest BCUT2D eigenvalue weighted by Gasteiger charge is 2.39. The first-order valence-corrected chi connectivity index (χ1v) is 20.0. The van der Waals surface area contributed by atoms with Crippen molar-refractivity contribution in [1.82, 2.24) is 0 Å². The summed E-state index contributed by atoms with van der Waals surface area (Å²) in [6.07, 6.45) is 29.9. The third-order valence-electron chi connectivity index (χ3n) is 10.7. The molecule has 0 bridgehead atoms. The highest BCUT2D eigenvalue weighted by molar-refractivity contribution is 6.03. The van der Waals surface area contributed by atoms with Crippen molar-refractivity contribution in [2.45, 2.75) is 94.2 Å². The number of hydrogen-bond acceptors (Lipinski definition) is 4. The summed E-state index contributed by atoms with van der Waals surface area (Å²) in [6.45, 7) is 20.5. The zero-order valence-electron chi connectivity index (χ0n) is 35.8. The number of anilines is 2. The quantitative estimate of drug-likeness (QED) is 0.187. The molecule has 0 heterocycles. The van der Waals surface area contributed by atoms with Crippen LogP contribution in [0.3, 0.4) is 0 Å². The summed E-state index contributed by atoms with van der Waals surface area (Å²) < 4.78 is 27.4. The van der Waals surface area contributed by atoms with E-state index in [1.807, 2.05) is 52.0 Å². The van der Waals surface area contributed by atoms with E-state index in [1.54, 1.807) is 24.3 Å². The van der Waals surface area contributed by atoms with Crippen molar-refractivity contribution < 1.29 is 18.4 Å². The predicted molar refractivity (Wildman–Crippen MR) is 241 cm³/mol. The maximum Gasteiger partial charge on any atom is 0.181 e. The average molecular weight is 783 g/mol. The first-order chi connectivity index (χ1) is 27.4. The molecule has 6 heteroatoms. The van der Waals surface area contributed by atoms with Gasteiger partial charge in [0, 0.05) is 11.4 Å². The van der Waals surface area contributed by atoms with Gasteiger partial charge < -0.3 is 10.6 Å². The molecule has 58 heavy (non-hydrogen) atoms. The average Bonchev–Trinajstić information content (AvgIpc) is 3.14. The Labute approximate surface area is 345 Å². The van der Waals surface area contributed by atoms with Gasteiger partial charge in [0.1, 0.15) is 11.6 Å². The van der Waals surface area contributed by atoms with Crippen molar-refractivity contribution in [1.29, 1.82) is 0 Å². The summed E-state index contributed by atoms with van der Waals surface area (Å²) in [5.74, 6) is -0.584. The number of Topliss-reactive ketones (excluding diaryl/α,β-unsaturated/α-hetero) is 2. The topological polar surface area (TPSA) is 58.2 Å². The SMILES string of the molecule is CC1=C(/C=C/C(C)=C/C=C/C(C)=C/C=C/C=C(C)/C=C/C=C(C)/C=C/C2=C(C)C(=O)C(Nc3cccc(F)c3)CC2(C)C)C(C)(C)CC(Nc2cccc(F)c2)C1=O. The van der Waals surface area contributed by atoms with Gasteiger partial charge in [0.2, 0.25) is 0 Å². The van der Waals surface area contributed by atoms with Gasteiger partial charge in [0.05, 0.1) is 12.1 Å². The fraction of sp³-hybridized carbons (Fsp3) is 0.308. The van der Waals surface area contributed by atoms with E-state index in [2.05, 4.69) is 113 Å². The maximum absolute atomic E-state index is 13.7. The lowest BCUT2D eigenvalue weighted by molar-refractivity contribution is -0.118. The number of nitrogens with one attached hydrogen (secondary N) is 2. The Bertz CT molecular complexity index is 2060. The fourth-order valence-corrected chi connectivity index (χ4v) is 7.49. The fourth-order valence-electron chi connectivity index (χ4n) is 7.49. The van der Waals surface area contributed by atoms with Crippen LogP contribution in [0.5, 0.6) is 0 Å². The lowest BCUT2D eigenvalue weighted by Crippen LogP contribution is -2.40. The number of halogens is 2. The Balaban J connectivity index is 1.29. The van der Waals surface area contributed by atoms with Crippen LogP contribution in [0.2, 0.25) is 0 Å². The van der Waals surface area contributed by atoms with Crippen LogP contribution in [-0.4, -0.2) is 23.7 Å². The molecule has 2 aliphatic carbocycles. The highest BCUT2D eigenvalue weighted by atomic mass is 19.1. The lowest BCUT2D eigenvalue weighted by Gasteiger charge is -2.37. The molecular weight excluding hydrogens is 723 g/mol. The Morgan fingerprint density at radius 3 is 1.28 bits per heavy atom. The Kier molecular flexibility index (Phi) is 15.7. The van der Waals surface area contributed by atoms with Crippen molar-refractivity contribution in [2.24, 2.45) is 10.8 Å². The van der Waals surface area contributed by atoms with Crippen molar-refractivity contribution in [3.8, 4) is 0 Å². The minimum atomic E-state index is -0.402. The van der Waals surface area contributed by atoms with Gasteiger partial charge in [-0.2, -0.15) is 0 Å². The molecule has 0 fully saturated rings. The number of carbonyl (C=O) groups excluding carboxylic acids is 2. The second kappa shape index (κ2) is 20.2. The Morgan fingerprint density at radius 1 is 0.569 bits per heavy atom. The molecule has 0 saturated heterocycles. The number of hydrogen-bond donors (Lipinski definition) is 2. The lowest BCUT2D eigenvalue weighted by atomic mass is 9.70. The molecule has 0 radical (unpaired) electrons. The van der Waals surface area contributed by atoms with E-state index in [-0.39, 0.29) is 34.0 Å². The van der Waals surface area contributed by atoms with Crippen LogP contribution in [0.15, 0.2) is 178 Å². The zero-order chi connectivity index (χ0) is 42.6. The number of benzene rings is 2. The molecule has 2 unspecified atom stereocenters. The van der Waals surface area contributed by atoms with E-state index in [0.717, 1.165) is 44.6 Å². The second-order valence-electron chi connectivity index (χ2n) is 16.8. The van der Waals surface area contributed by atoms with Crippen LogP contribution < -0.4 is 10.6 Å². The van der Waals surface area contributed by atoms with Gasteiger partial charge in [-0.25, -0.2) is 8.78 Å². The van der Waals surface area contributed by atoms with Crippen LogP contribution in [0.25, 0.3) is 0 Å². The first-order valence-electron chi connectivity index (χ1n) is 20.0. The number of allylic oxidation sites excluding steroid dienone is 20. The molecule has 2 aromatic rings. The molecule has 2 atom stereocenters. The second-order valence-corrected chi connectivity index (χ2v) is 16.8. The first kappa shape index (κ1) is 45.1. The van der Waals surface area contributed by atoms with E-state index < -0.39 is 12.1 Å². The van der Waals surface area contributed by atoms with Gasteiger partial charge in [-0.15, -0.1) is 0 Å². The molecule has 2 aliphatic rings. The van der Waals surface area contributed by atoms with E-state index in [9.17, 15) is 18.4 Å². The van der Waals surface area contributed by atoms with Gasteiger partial charge in [0.15, 0.2) is 11.6 Å². The minimum absolute atomic E-state index is 0.0386. The van der Waals surface area contributed by atoms with Crippen LogP contribution in [0.4, 0.5) is 20.2 Å². The van der Waals surface area contributed by atoms with Gasteiger partial charge in [-0.3, -0.25) is 9.59 Å². The Morgan fingerprint density at radius 2 is 0.914 bits per heavy atom. The zero-order valence-corrected chi connectivity index (χ0v) is 35.8. The number of ketones is 2. The predicted octanol–water partition coefficient (Wildman–Crippen LogP) is 13.4. The van der Waals surface area contributed by atoms with Gasteiger partial charge in [0.25, 0.3) is 0 Å². The van der Waals surface area contributed by atoms with E-state index in [1.165, 1.54) is 24.3 Å². The van der Waals surface area contributed by atoms with Crippen LogP contribution in [0.1, 0.15) is 82.1 Å². The summed E-state index contributed by atoms with van der Waals surface area (Å²) in [5, 5.41) is 6.47. The summed E-state index contributed by atoms with van der Waals surface area (Å²) in [6, 6.07) is 11.7. The van der Waals surface area contributed by atoms with Crippen LogP contribution in [-0.2, 0) is 9.59 Å². The van der Waals surface area contributed by atoms with Gasteiger partial charge in [-0.1, -0.05) is 147 Å². The Hall–Kier alpha value is -5.62. The van der Waals surface area contributed by atoms with Crippen molar-refractivity contribution >= 4 is 22.9 Å². The third-order valence-corrected chi connectivity index (χ3v) is 10.7. The summed E-state index contributed by atoms with van der Waals surface area (Å²) in [7, 11) is 0. The molecule has 0 amide bonds. The molecule has 2 N–H and O–H groups in total. The molecule has 304 valence electrons. The summed E-state index contributed by atoms with van der Waals surface area (Å²) in [4.78, 5) is 26.5. The van der Waals surface area contributed by atoms with Crippen LogP contribution >= 0.6 is 0 Å². The smallest absolute Gasteiger partial charge is 0.181 e. The normalized spacial score (nSPS) is 21.2. The van der Waals surface area contributed by atoms with Crippen LogP contribution in [0, 0.1) is 22.5 Å². The van der Waals surface area contributed by atoms with Crippen molar-refractivity contribution in [3.05, 3.63) is 190 Å². The van der Waals surface area contributed by atoms with Crippen molar-refractivity contribution in [3.63, 3.8) is 0 Å². The molecule has 0 aromatic heterocycles. The summed E-state index contributed by atoms with van der Waals surface area (Å²) in [5.41, 5.74) is 8.61. The number of rotatable bonds is 14. The molecular formula is C52H60F2N2O2. The molecule has 4 nitrogen and oxygen atoms in total. The largest absolute Gasteiger partial charge is 0.375 e. The highest BCUT2D eigenvalue weighted by Crippen LogP contribution is 2.42. The molecule has 2 aromatic carbocycles. The standard InChI is InChI=1S/C52H60F2N2O2/c1-35(19-13-21-37(3)27-29-45-39(5)49(57)47(33-51(45,7)8)55-43-25-15-23-41(53)31-43)17-11-12-18-36(2)20-14-22-38(4)28-30-46-40(6)50(58)48(34-52(46,9)10)56-44-26-16-24-42(54)32-44/h11-32,47-48,55-56H,33-34H2,1-10H3/b12-11+,19-13+,20-14+,29-27+,30-28+,35-17+,36-18+,37-21+,38-22+. The van der Waals surface area contributed by atoms with E-state index in [4.69, 9.17) is 0 Å². The number of carbonyl (C=O) groups is 2. The maximum atomic E-state index is 13.7. The monoisotopic (exact) mass is 782 g/mol. The van der Waals surface area contributed by atoms with Gasteiger partial charge >= 0.3 is 0 Å². The molecule has 0 aliphatic heterocycles. The molecule has 0 saturated carbocycles. The molecule has 4 rings (SSSR count).